The summed E-state index contributed by atoms with van der Waals surface area (Å²) >= 11 is 0. The van der Waals surface area contributed by atoms with Crippen molar-refractivity contribution < 1.29 is 15.0 Å². The maximum Gasteiger partial charge on any atom is 0.255 e. The first-order valence-electron chi connectivity index (χ1n) is 5.59. The number of nitrogens with zero attached hydrogens (tertiary/aromatic N) is 1. The van der Waals surface area contributed by atoms with Crippen LogP contribution < -0.4 is 11.1 Å². The van der Waals surface area contributed by atoms with E-state index in [1.165, 1.54) is 4.90 Å². The van der Waals surface area contributed by atoms with Crippen molar-refractivity contribution in [1.29, 1.82) is 0 Å². The monoisotopic (exact) mass is 253 g/mol. The normalized spacial score (nSPS) is 10.5. The number of anilines is 2. The van der Waals surface area contributed by atoms with Gasteiger partial charge in [0.2, 0.25) is 0 Å². The Morgan fingerprint density at radius 2 is 2.00 bits per heavy atom. The summed E-state index contributed by atoms with van der Waals surface area (Å²) in [6, 6.07) is 4.33. The zero-order valence-electron chi connectivity index (χ0n) is 10.6. The van der Waals surface area contributed by atoms with E-state index in [2.05, 4.69) is 5.32 Å². The maximum atomic E-state index is 12.0. The number of carbonyl (C=O) groups excluding carboxylic acids is 1. The third kappa shape index (κ3) is 3.35. The number of hydrogen-bond donors (Lipinski definition) is 4. The van der Waals surface area contributed by atoms with Gasteiger partial charge in [0.15, 0.2) is 0 Å². The van der Waals surface area contributed by atoms with Crippen molar-refractivity contribution in [3.8, 4) is 0 Å². The van der Waals surface area contributed by atoms with E-state index in [-0.39, 0.29) is 19.1 Å². The highest BCUT2D eigenvalue weighted by molar-refractivity contribution is 6.00. The Morgan fingerprint density at radius 1 is 1.39 bits per heavy atom. The average Bonchev–Trinajstić information content (AvgIpc) is 2.35. The minimum absolute atomic E-state index is 0.174. The summed E-state index contributed by atoms with van der Waals surface area (Å²) in [6.45, 7) is -0.470. The van der Waals surface area contributed by atoms with Crippen LogP contribution in [0.3, 0.4) is 0 Å². The fraction of sp³-hybridized carbons (Fsp3) is 0.417. The van der Waals surface area contributed by atoms with Gasteiger partial charge in [0.25, 0.3) is 5.91 Å². The molecule has 6 nitrogen and oxygen atoms in total. The molecule has 0 bridgehead atoms. The lowest BCUT2D eigenvalue weighted by Crippen LogP contribution is -2.30. The Balaban J connectivity index is 3.07. The fourth-order valence-corrected chi connectivity index (χ4v) is 1.48. The Labute approximate surface area is 106 Å². The van der Waals surface area contributed by atoms with Crippen molar-refractivity contribution in [3.05, 3.63) is 23.8 Å². The van der Waals surface area contributed by atoms with Crippen LogP contribution >= 0.6 is 0 Å². The molecular formula is C12H19N3O3. The molecule has 0 atom stereocenters. The van der Waals surface area contributed by atoms with Crippen LogP contribution in [0.4, 0.5) is 11.4 Å². The first-order valence-corrected chi connectivity index (χ1v) is 5.59. The molecule has 1 aromatic rings. The van der Waals surface area contributed by atoms with Crippen molar-refractivity contribution in [2.75, 3.05) is 38.4 Å². The molecule has 18 heavy (non-hydrogen) atoms. The second kappa shape index (κ2) is 6.23. The first kappa shape index (κ1) is 14.3. The van der Waals surface area contributed by atoms with Gasteiger partial charge in [0.1, 0.15) is 0 Å². The molecule has 0 saturated carbocycles. The van der Waals surface area contributed by atoms with Crippen LogP contribution in [0.2, 0.25) is 0 Å². The van der Waals surface area contributed by atoms with E-state index in [9.17, 15) is 4.79 Å². The smallest absolute Gasteiger partial charge is 0.255 e. The van der Waals surface area contributed by atoms with Gasteiger partial charge in [0.05, 0.1) is 24.8 Å². The molecule has 0 saturated heterocycles. The van der Waals surface area contributed by atoms with Crippen molar-refractivity contribution in [2.45, 2.75) is 6.04 Å². The number of nitrogens with two attached hydrogens (primary N) is 1. The second-order valence-electron chi connectivity index (χ2n) is 4.21. The predicted molar refractivity (Wildman–Crippen MR) is 70.5 cm³/mol. The van der Waals surface area contributed by atoms with Crippen LogP contribution in [0.15, 0.2) is 18.2 Å². The third-order valence-corrected chi connectivity index (χ3v) is 2.48. The lowest BCUT2D eigenvalue weighted by atomic mass is 10.1. The zero-order chi connectivity index (χ0) is 13.7. The number of carbonyl (C=O) groups is 1. The fourth-order valence-electron chi connectivity index (χ4n) is 1.48. The highest BCUT2D eigenvalue weighted by Gasteiger charge is 2.16. The second-order valence-corrected chi connectivity index (χ2v) is 4.21. The van der Waals surface area contributed by atoms with Crippen LogP contribution in [0.1, 0.15) is 10.4 Å². The van der Waals surface area contributed by atoms with Crippen molar-refractivity contribution in [1.82, 2.24) is 4.90 Å². The SMILES string of the molecule is CN(C)C(=O)c1ccc(N)cc1NC(CO)CO. The molecule has 0 heterocycles. The van der Waals surface area contributed by atoms with Gasteiger partial charge in [0, 0.05) is 25.5 Å². The lowest BCUT2D eigenvalue weighted by molar-refractivity contribution is 0.0828. The van der Waals surface area contributed by atoms with Gasteiger partial charge >= 0.3 is 0 Å². The van der Waals surface area contributed by atoms with E-state index < -0.39 is 6.04 Å². The molecule has 0 aliphatic carbocycles. The van der Waals surface area contributed by atoms with Crippen LogP contribution in [-0.4, -0.2) is 54.4 Å². The number of nitrogens with one attached hydrogen (secondary N) is 1. The van der Waals surface area contributed by atoms with Crippen LogP contribution in [0, 0.1) is 0 Å². The number of aliphatic hydroxyl groups excluding tert-OH is 2. The van der Waals surface area contributed by atoms with E-state index in [1.807, 2.05) is 0 Å². The summed E-state index contributed by atoms with van der Waals surface area (Å²) in [5.41, 5.74) is 7.12. The van der Waals surface area contributed by atoms with E-state index in [0.29, 0.717) is 16.9 Å². The number of rotatable bonds is 5. The van der Waals surface area contributed by atoms with E-state index in [0.717, 1.165) is 0 Å². The topological polar surface area (TPSA) is 98.8 Å². The number of nitrogen functional groups attached to an aromatic ring is 1. The molecule has 1 rings (SSSR count). The minimum Gasteiger partial charge on any atom is -0.399 e. The number of aliphatic hydroxyl groups is 2. The lowest BCUT2D eigenvalue weighted by Gasteiger charge is -2.19. The standard InChI is InChI=1S/C12H19N3O3/c1-15(2)12(18)10-4-3-8(13)5-11(10)14-9(6-16)7-17/h3-5,9,14,16-17H,6-7,13H2,1-2H3. The molecule has 0 spiro atoms. The molecule has 0 fully saturated rings. The molecule has 0 radical (unpaired) electrons. The van der Waals surface area contributed by atoms with Gasteiger partial charge in [-0.15, -0.1) is 0 Å². The Morgan fingerprint density at radius 3 is 2.50 bits per heavy atom. The largest absolute Gasteiger partial charge is 0.399 e. The molecule has 0 aliphatic heterocycles. The summed E-state index contributed by atoms with van der Waals surface area (Å²) in [4.78, 5) is 13.4. The summed E-state index contributed by atoms with van der Waals surface area (Å²) in [7, 11) is 3.30. The molecule has 100 valence electrons. The van der Waals surface area contributed by atoms with Crippen molar-refractivity contribution in [2.24, 2.45) is 0 Å². The predicted octanol–water partition coefficient (Wildman–Crippen LogP) is -0.264. The van der Waals surface area contributed by atoms with Gasteiger partial charge in [-0.3, -0.25) is 4.79 Å². The van der Waals surface area contributed by atoms with Crippen molar-refractivity contribution >= 4 is 17.3 Å². The van der Waals surface area contributed by atoms with Crippen LogP contribution in [0.25, 0.3) is 0 Å². The minimum atomic E-state index is -0.527. The van der Waals surface area contributed by atoms with Gasteiger partial charge in [-0.2, -0.15) is 0 Å². The van der Waals surface area contributed by atoms with E-state index >= 15 is 0 Å². The molecule has 0 aliphatic rings. The summed E-state index contributed by atoms with van der Waals surface area (Å²) in [5.74, 6) is -0.174. The molecular weight excluding hydrogens is 234 g/mol. The summed E-state index contributed by atoms with van der Waals surface area (Å²) < 4.78 is 0. The maximum absolute atomic E-state index is 12.0. The summed E-state index contributed by atoms with van der Waals surface area (Å²) in [5, 5.41) is 21.0. The van der Waals surface area contributed by atoms with Crippen LogP contribution in [-0.2, 0) is 0 Å². The van der Waals surface area contributed by atoms with Crippen molar-refractivity contribution in [3.63, 3.8) is 0 Å². The molecule has 1 aromatic carbocycles. The molecule has 5 N–H and O–H groups in total. The quantitative estimate of drug-likeness (QED) is 0.542. The van der Waals surface area contributed by atoms with Gasteiger partial charge in [-0.25, -0.2) is 0 Å². The van der Waals surface area contributed by atoms with E-state index in [4.69, 9.17) is 15.9 Å². The molecule has 6 heteroatoms. The first-order chi connectivity index (χ1) is 8.49. The third-order valence-electron chi connectivity index (χ3n) is 2.48. The Bertz CT molecular complexity index is 417. The summed E-state index contributed by atoms with van der Waals surface area (Å²) in [6.07, 6.45) is 0. The van der Waals surface area contributed by atoms with Gasteiger partial charge in [-0.05, 0) is 18.2 Å². The molecule has 0 unspecified atom stereocenters. The van der Waals surface area contributed by atoms with E-state index in [1.54, 1.807) is 32.3 Å². The van der Waals surface area contributed by atoms with Gasteiger partial charge < -0.3 is 26.2 Å². The number of amides is 1. The number of benzene rings is 1. The molecule has 0 aromatic heterocycles. The average molecular weight is 253 g/mol. The number of hydrogen-bond acceptors (Lipinski definition) is 5. The molecule has 1 amide bonds. The highest BCUT2D eigenvalue weighted by Crippen LogP contribution is 2.21. The van der Waals surface area contributed by atoms with Crippen LogP contribution in [0.5, 0.6) is 0 Å². The highest BCUT2D eigenvalue weighted by atomic mass is 16.3. The Kier molecular flexibility index (Phi) is 4.94. The Hall–Kier alpha value is -1.79. The van der Waals surface area contributed by atoms with Gasteiger partial charge in [-0.1, -0.05) is 0 Å². The zero-order valence-corrected chi connectivity index (χ0v) is 10.6.